The molecule has 5 heterocycles. The van der Waals surface area contributed by atoms with Crippen LogP contribution in [0.15, 0.2) is 243 Å². The average molecular weight is 908 g/mol. The zero-order valence-corrected chi connectivity index (χ0v) is 38.8. The van der Waals surface area contributed by atoms with Gasteiger partial charge in [-0.3, -0.25) is 4.57 Å². The maximum Gasteiger partial charge on any atom is 0.238 e. The van der Waals surface area contributed by atoms with Crippen molar-refractivity contribution in [2.45, 2.75) is 5.41 Å². The van der Waals surface area contributed by atoms with Crippen LogP contribution in [0.4, 0.5) is 17.1 Å². The second-order valence-electron chi connectivity index (χ2n) is 19.0. The molecule has 6 nitrogen and oxygen atoms in total. The number of fused-ring (bicyclic) bond motifs is 12. The number of quaternary nitrogens is 1. The summed E-state index contributed by atoms with van der Waals surface area (Å²) >= 11 is 0. The molecule has 0 saturated heterocycles. The largest absolute Gasteiger partial charge is 0.309 e. The van der Waals surface area contributed by atoms with Crippen LogP contribution in [0.25, 0.3) is 89.2 Å². The van der Waals surface area contributed by atoms with Gasteiger partial charge in [-0.15, -0.1) is 0 Å². The Bertz CT molecular complexity index is 4250. The number of aromatic nitrogens is 5. The molecule has 1 atom stereocenters. The fourth-order valence-corrected chi connectivity index (χ4v) is 12.5. The third-order valence-electron chi connectivity index (χ3n) is 15.5. The summed E-state index contributed by atoms with van der Waals surface area (Å²) in [6.07, 6.45) is 0. The Hall–Kier alpha value is -9.23. The fraction of sp³-hybridized carbons (Fsp3) is 0.0308. The third-order valence-corrected chi connectivity index (χ3v) is 15.5. The minimum absolute atomic E-state index is 0.482. The van der Waals surface area contributed by atoms with Gasteiger partial charge in [-0.25, -0.2) is 9.47 Å². The normalized spacial score (nSPS) is 15.3. The predicted molar refractivity (Wildman–Crippen MR) is 290 cm³/mol. The molecule has 3 aromatic heterocycles. The molecule has 0 bridgehead atoms. The lowest BCUT2D eigenvalue weighted by Gasteiger charge is -2.42. The Morgan fingerprint density at radius 3 is 1.68 bits per heavy atom. The molecule has 2 aliphatic heterocycles. The number of benzene rings is 10. The van der Waals surface area contributed by atoms with Crippen LogP contribution in [0.2, 0.25) is 0 Å². The molecule has 0 fully saturated rings. The van der Waals surface area contributed by atoms with Crippen LogP contribution in [-0.4, -0.2) is 31.1 Å². The summed E-state index contributed by atoms with van der Waals surface area (Å²) < 4.78 is 5.28. The summed E-state index contributed by atoms with van der Waals surface area (Å²) in [5.74, 6) is 1.76. The van der Waals surface area contributed by atoms with E-state index in [1.807, 2.05) is 6.07 Å². The molecule has 10 aromatic carbocycles. The van der Waals surface area contributed by atoms with Crippen LogP contribution < -0.4 is 4.48 Å². The molecule has 332 valence electrons. The SMILES string of the molecule is C[N+]1(c2ccccc2)c2ccccc2-c2ccc3c4ccccc4n(-c4nc(-c5ccccc5)nc(-c5cc6c7c(c5)c5ccccc5n7-c5ccccc5C6(c5ccccc5)c5ccccc5)n4)c3c21. The smallest absolute Gasteiger partial charge is 0.238 e. The molecule has 0 amide bonds. The van der Waals surface area contributed by atoms with Crippen molar-refractivity contribution in [2.75, 3.05) is 7.05 Å². The van der Waals surface area contributed by atoms with Crippen LogP contribution >= 0.6 is 0 Å². The van der Waals surface area contributed by atoms with E-state index in [1.54, 1.807) is 0 Å². The van der Waals surface area contributed by atoms with Gasteiger partial charge in [0.2, 0.25) is 5.95 Å². The molecule has 71 heavy (non-hydrogen) atoms. The maximum atomic E-state index is 5.72. The molecular formula is C65H43N6+. The molecule has 15 rings (SSSR count). The van der Waals surface area contributed by atoms with Crippen LogP contribution in [0.3, 0.4) is 0 Å². The van der Waals surface area contributed by atoms with E-state index in [-0.39, 0.29) is 0 Å². The summed E-state index contributed by atoms with van der Waals surface area (Å²) in [5.41, 5.74) is 17.5. The number of para-hydroxylation sites is 5. The van der Waals surface area contributed by atoms with Gasteiger partial charge in [0, 0.05) is 44.3 Å². The lowest BCUT2D eigenvalue weighted by Crippen LogP contribution is -2.35. The van der Waals surface area contributed by atoms with Crippen molar-refractivity contribution in [3.8, 4) is 45.5 Å². The van der Waals surface area contributed by atoms with Gasteiger partial charge >= 0.3 is 0 Å². The minimum Gasteiger partial charge on any atom is -0.309 e. The molecule has 0 spiro atoms. The highest BCUT2D eigenvalue weighted by Crippen LogP contribution is 2.60. The Morgan fingerprint density at radius 1 is 0.394 bits per heavy atom. The van der Waals surface area contributed by atoms with Crippen LogP contribution in [0.5, 0.6) is 0 Å². The highest BCUT2D eigenvalue weighted by Gasteiger charge is 2.47. The van der Waals surface area contributed by atoms with Crippen molar-refractivity contribution < 1.29 is 0 Å². The topological polar surface area (TPSA) is 48.5 Å². The number of nitrogens with zero attached hydrogens (tertiary/aromatic N) is 6. The van der Waals surface area contributed by atoms with Gasteiger partial charge in [0.05, 0.1) is 40.3 Å². The lowest BCUT2D eigenvalue weighted by atomic mass is 9.63. The highest BCUT2D eigenvalue weighted by atomic mass is 15.4. The van der Waals surface area contributed by atoms with Gasteiger partial charge in [0.25, 0.3) is 0 Å². The Kier molecular flexibility index (Phi) is 8.33. The van der Waals surface area contributed by atoms with Crippen molar-refractivity contribution in [1.29, 1.82) is 0 Å². The van der Waals surface area contributed by atoms with Crippen molar-refractivity contribution in [2.24, 2.45) is 0 Å². The van der Waals surface area contributed by atoms with E-state index >= 15 is 0 Å². The van der Waals surface area contributed by atoms with Crippen LogP contribution in [0, 0.1) is 0 Å². The molecular weight excluding hydrogens is 865 g/mol. The summed E-state index contributed by atoms with van der Waals surface area (Å²) in [4.78, 5) is 16.7. The van der Waals surface area contributed by atoms with Gasteiger partial charge in [0.1, 0.15) is 11.2 Å². The molecule has 13 aromatic rings. The van der Waals surface area contributed by atoms with E-state index in [9.17, 15) is 0 Å². The standard InChI is InChI=1S/C65H43N6/c1-71(46-28-12-5-13-29-46)58-37-21-16-32-49(58)51-39-38-50-47-30-14-19-35-56(47)70(60(50)61(51)71)64-67-62(42-22-6-2-7-23-42)66-63(68-64)43-40-52-48-31-15-18-34-55(48)69-57-36-20-17-33-53(57)65(54(41-43)59(52)69,44-24-8-3-9-25-44)45-26-10-4-11-27-45/h2-41H,1H3/q+1. The van der Waals surface area contributed by atoms with Gasteiger partial charge in [0.15, 0.2) is 23.0 Å². The fourth-order valence-electron chi connectivity index (χ4n) is 12.5. The predicted octanol–water partition coefficient (Wildman–Crippen LogP) is 15.7. The Labute approximate surface area is 410 Å². The van der Waals surface area contributed by atoms with Crippen molar-refractivity contribution in [1.82, 2.24) is 28.6 Å². The monoisotopic (exact) mass is 907 g/mol. The molecule has 6 heteroatoms. The number of rotatable bonds is 6. The van der Waals surface area contributed by atoms with Gasteiger partial charge in [-0.2, -0.15) is 9.97 Å². The van der Waals surface area contributed by atoms with E-state index in [2.05, 4.69) is 253 Å². The maximum absolute atomic E-state index is 5.72. The highest BCUT2D eigenvalue weighted by molar-refractivity contribution is 6.19. The van der Waals surface area contributed by atoms with Crippen LogP contribution in [0.1, 0.15) is 22.3 Å². The van der Waals surface area contributed by atoms with Crippen LogP contribution in [-0.2, 0) is 5.41 Å². The summed E-state index contributed by atoms with van der Waals surface area (Å²) in [5, 5.41) is 4.59. The first-order valence-electron chi connectivity index (χ1n) is 24.3. The van der Waals surface area contributed by atoms with E-state index in [4.69, 9.17) is 15.0 Å². The van der Waals surface area contributed by atoms with Gasteiger partial charge in [-0.05, 0) is 76.9 Å². The Balaban J connectivity index is 1.08. The van der Waals surface area contributed by atoms with E-state index in [1.165, 1.54) is 67.0 Å². The average Bonchev–Trinajstić information content (AvgIpc) is 4.06. The summed E-state index contributed by atoms with van der Waals surface area (Å²) in [6, 6.07) is 87.9. The second-order valence-corrected chi connectivity index (χ2v) is 19.0. The van der Waals surface area contributed by atoms with Gasteiger partial charge in [-0.1, -0.05) is 182 Å². The lowest BCUT2D eigenvalue weighted by molar-refractivity contribution is 0.645. The summed E-state index contributed by atoms with van der Waals surface area (Å²) in [7, 11) is 2.33. The Morgan fingerprint density at radius 2 is 0.958 bits per heavy atom. The quantitative estimate of drug-likeness (QED) is 0.156. The third kappa shape index (κ3) is 5.37. The minimum atomic E-state index is -0.696. The van der Waals surface area contributed by atoms with Crippen molar-refractivity contribution >= 4 is 60.7 Å². The second kappa shape index (κ2) is 14.9. The number of hydrogen-bond donors (Lipinski definition) is 0. The van der Waals surface area contributed by atoms with Crippen molar-refractivity contribution in [3.05, 3.63) is 265 Å². The zero-order valence-electron chi connectivity index (χ0n) is 38.8. The molecule has 0 radical (unpaired) electrons. The van der Waals surface area contributed by atoms with E-state index < -0.39 is 5.41 Å². The first kappa shape index (κ1) is 39.7. The van der Waals surface area contributed by atoms with Gasteiger partial charge < -0.3 is 4.57 Å². The molecule has 1 unspecified atom stereocenters. The molecule has 0 N–H and O–H groups in total. The van der Waals surface area contributed by atoms with Crippen molar-refractivity contribution in [3.63, 3.8) is 0 Å². The zero-order chi connectivity index (χ0) is 46.8. The summed E-state index contributed by atoms with van der Waals surface area (Å²) in [6.45, 7) is 0. The first-order chi connectivity index (χ1) is 35.1. The van der Waals surface area contributed by atoms with E-state index in [0.29, 0.717) is 22.1 Å². The first-order valence-corrected chi connectivity index (χ1v) is 24.3. The molecule has 0 aliphatic carbocycles. The molecule has 2 aliphatic rings. The molecule has 0 saturated carbocycles. The van der Waals surface area contributed by atoms with E-state index in [0.717, 1.165) is 43.8 Å². The number of hydrogen-bond acceptors (Lipinski definition) is 3.